The number of hydrogen-bond acceptors (Lipinski definition) is 5. The van der Waals surface area contributed by atoms with E-state index in [1.807, 2.05) is 6.92 Å². The Balaban J connectivity index is 1.77. The lowest BCUT2D eigenvalue weighted by Gasteiger charge is -2.23. The molecule has 0 spiro atoms. The van der Waals surface area contributed by atoms with Gasteiger partial charge in [0, 0.05) is 26.0 Å². The second kappa shape index (κ2) is 9.19. The van der Waals surface area contributed by atoms with Gasteiger partial charge in [0.25, 0.3) is 5.91 Å². The molecular formula is C18H24N2O6. The number of ether oxygens (including phenoxy) is 2. The van der Waals surface area contributed by atoms with Crippen LogP contribution in [-0.2, 0) is 14.3 Å². The third kappa shape index (κ3) is 4.95. The maximum absolute atomic E-state index is 12.2. The molecule has 1 aromatic carbocycles. The molecule has 0 aromatic heterocycles. The van der Waals surface area contributed by atoms with E-state index in [-0.39, 0.29) is 31.3 Å². The monoisotopic (exact) mass is 364 g/mol. The Morgan fingerprint density at radius 3 is 2.73 bits per heavy atom. The highest BCUT2D eigenvalue weighted by Crippen LogP contribution is 2.19. The largest absolute Gasteiger partial charge is 0.493 e. The first-order valence-corrected chi connectivity index (χ1v) is 8.60. The Labute approximate surface area is 151 Å². The first-order valence-electron chi connectivity index (χ1n) is 8.60. The fourth-order valence-corrected chi connectivity index (χ4v) is 2.70. The predicted octanol–water partition coefficient (Wildman–Crippen LogP) is 0.955. The third-order valence-corrected chi connectivity index (χ3v) is 4.11. The van der Waals surface area contributed by atoms with Crippen molar-refractivity contribution in [2.45, 2.75) is 31.7 Å². The summed E-state index contributed by atoms with van der Waals surface area (Å²) in [5.41, 5.74) is -0.900. The molecule has 0 radical (unpaired) electrons. The summed E-state index contributed by atoms with van der Waals surface area (Å²) in [6.45, 7) is 2.87. The minimum absolute atomic E-state index is 0.0287. The van der Waals surface area contributed by atoms with Crippen LogP contribution in [0.5, 0.6) is 5.75 Å². The maximum Gasteiger partial charge on any atom is 0.331 e. The number of carboxylic acid groups (broad SMARTS) is 1. The van der Waals surface area contributed by atoms with Gasteiger partial charge in [0.2, 0.25) is 5.91 Å². The fourth-order valence-electron chi connectivity index (χ4n) is 2.70. The lowest BCUT2D eigenvalue weighted by atomic mass is 9.98. The van der Waals surface area contributed by atoms with Crippen molar-refractivity contribution < 1.29 is 29.0 Å². The van der Waals surface area contributed by atoms with Gasteiger partial charge in [0.05, 0.1) is 18.8 Å². The van der Waals surface area contributed by atoms with E-state index in [0.29, 0.717) is 37.5 Å². The van der Waals surface area contributed by atoms with Crippen molar-refractivity contribution in [2.24, 2.45) is 0 Å². The fraction of sp³-hybridized carbons (Fsp3) is 0.500. The molecule has 142 valence electrons. The molecule has 26 heavy (non-hydrogen) atoms. The van der Waals surface area contributed by atoms with Gasteiger partial charge in [-0.1, -0.05) is 12.1 Å². The summed E-state index contributed by atoms with van der Waals surface area (Å²) < 4.78 is 10.5. The third-order valence-electron chi connectivity index (χ3n) is 4.11. The van der Waals surface area contributed by atoms with Crippen molar-refractivity contribution in [2.75, 3.05) is 26.4 Å². The molecule has 1 aliphatic heterocycles. The van der Waals surface area contributed by atoms with E-state index in [1.54, 1.807) is 24.3 Å². The molecule has 1 unspecified atom stereocenters. The van der Waals surface area contributed by atoms with Crippen molar-refractivity contribution >= 4 is 17.8 Å². The van der Waals surface area contributed by atoms with Crippen LogP contribution >= 0.6 is 0 Å². The van der Waals surface area contributed by atoms with Crippen molar-refractivity contribution in [3.05, 3.63) is 29.8 Å². The summed E-state index contributed by atoms with van der Waals surface area (Å²) in [5.74, 6) is -1.23. The normalized spacial score (nSPS) is 19.0. The van der Waals surface area contributed by atoms with Gasteiger partial charge in [-0.3, -0.25) is 9.59 Å². The van der Waals surface area contributed by atoms with Gasteiger partial charge in [0.1, 0.15) is 5.75 Å². The molecule has 0 bridgehead atoms. The van der Waals surface area contributed by atoms with Gasteiger partial charge >= 0.3 is 5.97 Å². The van der Waals surface area contributed by atoms with Crippen LogP contribution < -0.4 is 15.4 Å². The number of amides is 2. The standard InChI is InChI=1S/C18H24N2O6/c1-2-26-14-7-4-3-6-13(14)16(22)19-10-5-8-15(21)20-18(17(23)24)9-11-25-12-18/h3-4,6-7H,2,5,8-12H2,1H3,(H,19,22)(H,20,21)(H,23,24). The summed E-state index contributed by atoms with van der Waals surface area (Å²) >= 11 is 0. The van der Waals surface area contributed by atoms with E-state index in [1.165, 1.54) is 0 Å². The molecule has 0 saturated carbocycles. The summed E-state index contributed by atoms with van der Waals surface area (Å²) in [4.78, 5) is 35.6. The smallest absolute Gasteiger partial charge is 0.331 e. The van der Waals surface area contributed by atoms with Gasteiger partial charge in [-0.2, -0.15) is 0 Å². The molecule has 1 saturated heterocycles. The zero-order valence-electron chi connectivity index (χ0n) is 14.7. The second-order valence-corrected chi connectivity index (χ2v) is 6.03. The molecule has 1 heterocycles. The topological polar surface area (TPSA) is 114 Å². The molecule has 8 nitrogen and oxygen atoms in total. The minimum Gasteiger partial charge on any atom is -0.493 e. The highest BCUT2D eigenvalue weighted by molar-refractivity contribution is 5.96. The lowest BCUT2D eigenvalue weighted by Crippen LogP contribution is -2.55. The number of nitrogens with one attached hydrogen (secondary N) is 2. The molecule has 1 aromatic rings. The zero-order valence-corrected chi connectivity index (χ0v) is 14.7. The average Bonchev–Trinajstić information content (AvgIpc) is 3.09. The van der Waals surface area contributed by atoms with E-state index in [9.17, 15) is 19.5 Å². The molecule has 1 atom stereocenters. The molecule has 2 rings (SSSR count). The number of para-hydroxylation sites is 1. The Kier molecular flexibility index (Phi) is 6.97. The quantitative estimate of drug-likeness (QED) is 0.562. The zero-order chi connectivity index (χ0) is 19.0. The molecular weight excluding hydrogens is 340 g/mol. The Hall–Kier alpha value is -2.61. The van der Waals surface area contributed by atoms with Crippen molar-refractivity contribution in [3.8, 4) is 5.75 Å². The Morgan fingerprint density at radius 1 is 1.31 bits per heavy atom. The summed E-state index contributed by atoms with van der Waals surface area (Å²) in [6, 6.07) is 6.93. The van der Waals surface area contributed by atoms with Crippen LogP contribution in [0.15, 0.2) is 24.3 Å². The number of carbonyl (C=O) groups excluding carboxylic acids is 2. The number of rotatable bonds is 9. The summed E-state index contributed by atoms with van der Waals surface area (Å²) in [7, 11) is 0. The van der Waals surface area contributed by atoms with Crippen LogP contribution in [0.25, 0.3) is 0 Å². The van der Waals surface area contributed by atoms with E-state index in [4.69, 9.17) is 9.47 Å². The predicted molar refractivity (Wildman–Crippen MR) is 93.1 cm³/mol. The van der Waals surface area contributed by atoms with Crippen molar-refractivity contribution in [1.82, 2.24) is 10.6 Å². The SMILES string of the molecule is CCOc1ccccc1C(=O)NCCCC(=O)NC1(C(=O)O)CCOC1. The molecule has 8 heteroatoms. The maximum atomic E-state index is 12.2. The minimum atomic E-state index is -1.34. The number of carboxylic acids is 1. The van der Waals surface area contributed by atoms with E-state index in [0.717, 1.165) is 0 Å². The number of benzene rings is 1. The van der Waals surface area contributed by atoms with Crippen LogP contribution in [0.1, 0.15) is 36.5 Å². The van der Waals surface area contributed by atoms with Crippen molar-refractivity contribution in [3.63, 3.8) is 0 Å². The highest BCUT2D eigenvalue weighted by atomic mass is 16.5. The van der Waals surface area contributed by atoms with E-state index in [2.05, 4.69) is 10.6 Å². The average molecular weight is 364 g/mol. The van der Waals surface area contributed by atoms with E-state index < -0.39 is 11.5 Å². The molecule has 3 N–H and O–H groups in total. The van der Waals surface area contributed by atoms with Gasteiger partial charge in [0.15, 0.2) is 5.54 Å². The Bertz CT molecular complexity index is 655. The first kappa shape index (κ1) is 19.7. The Morgan fingerprint density at radius 2 is 2.08 bits per heavy atom. The summed E-state index contributed by atoms with van der Waals surface area (Å²) in [6.07, 6.45) is 0.756. The highest BCUT2D eigenvalue weighted by Gasteiger charge is 2.43. The number of aliphatic carboxylic acids is 1. The van der Waals surface area contributed by atoms with Gasteiger partial charge < -0.3 is 25.2 Å². The molecule has 1 fully saturated rings. The first-order chi connectivity index (χ1) is 12.5. The number of hydrogen-bond donors (Lipinski definition) is 3. The molecule has 1 aliphatic rings. The number of carbonyl (C=O) groups is 3. The van der Waals surface area contributed by atoms with Crippen LogP contribution in [0.3, 0.4) is 0 Å². The van der Waals surface area contributed by atoms with Crippen LogP contribution in [-0.4, -0.2) is 54.8 Å². The van der Waals surface area contributed by atoms with Gasteiger partial charge in [-0.15, -0.1) is 0 Å². The lowest BCUT2D eigenvalue weighted by molar-refractivity contribution is -0.147. The van der Waals surface area contributed by atoms with Crippen LogP contribution in [0.4, 0.5) is 0 Å². The second-order valence-electron chi connectivity index (χ2n) is 6.03. The van der Waals surface area contributed by atoms with Gasteiger partial charge in [-0.25, -0.2) is 4.79 Å². The van der Waals surface area contributed by atoms with Crippen molar-refractivity contribution in [1.29, 1.82) is 0 Å². The summed E-state index contributed by atoms with van der Waals surface area (Å²) in [5, 5.41) is 14.6. The van der Waals surface area contributed by atoms with E-state index >= 15 is 0 Å². The van der Waals surface area contributed by atoms with Crippen LogP contribution in [0, 0.1) is 0 Å². The van der Waals surface area contributed by atoms with Crippen LogP contribution in [0.2, 0.25) is 0 Å². The molecule has 2 amide bonds. The van der Waals surface area contributed by atoms with Gasteiger partial charge in [-0.05, 0) is 25.5 Å². The molecule has 0 aliphatic carbocycles.